The van der Waals surface area contributed by atoms with Crippen molar-refractivity contribution in [2.24, 2.45) is 28.3 Å². The largest absolute Gasteiger partial charge is 0.376 e. The summed E-state index contributed by atoms with van der Waals surface area (Å²) in [7, 11) is 1.81. The van der Waals surface area contributed by atoms with Crippen LogP contribution in [0.25, 0.3) is 0 Å². The Morgan fingerprint density at radius 3 is 2.76 bits per heavy atom. The van der Waals surface area contributed by atoms with Gasteiger partial charge < -0.3 is 21.5 Å². The van der Waals surface area contributed by atoms with Crippen molar-refractivity contribution in [2.75, 3.05) is 13.8 Å². The molecule has 0 aromatic carbocycles. The van der Waals surface area contributed by atoms with Crippen LogP contribution >= 0.6 is 0 Å². The SMILES string of the molecule is CC1CC=CN(CO)/C1=N\C(C)N(C)C(N)C(C)C(N)=O. The summed E-state index contributed by atoms with van der Waals surface area (Å²) >= 11 is 0. The molecule has 7 heteroatoms. The molecule has 0 saturated heterocycles. The number of amides is 1. The Morgan fingerprint density at radius 2 is 2.24 bits per heavy atom. The molecule has 0 aromatic heterocycles. The first-order valence-electron chi connectivity index (χ1n) is 7.18. The number of amidine groups is 1. The first-order valence-corrected chi connectivity index (χ1v) is 7.18. The molecule has 4 unspecified atom stereocenters. The van der Waals surface area contributed by atoms with Crippen LogP contribution in [0.5, 0.6) is 0 Å². The molecule has 0 fully saturated rings. The number of aliphatic imine (C=N–C) groups is 1. The number of rotatable bonds is 6. The van der Waals surface area contributed by atoms with Crippen molar-refractivity contribution < 1.29 is 9.90 Å². The van der Waals surface area contributed by atoms with Gasteiger partial charge in [-0.25, -0.2) is 0 Å². The molecule has 0 saturated carbocycles. The highest BCUT2D eigenvalue weighted by Crippen LogP contribution is 2.18. The molecule has 0 aromatic rings. The highest BCUT2D eigenvalue weighted by atomic mass is 16.3. The molecule has 0 spiro atoms. The summed E-state index contributed by atoms with van der Waals surface area (Å²) in [5.41, 5.74) is 11.3. The zero-order valence-corrected chi connectivity index (χ0v) is 13.2. The van der Waals surface area contributed by atoms with Crippen molar-refractivity contribution in [3.05, 3.63) is 12.3 Å². The van der Waals surface area contributed by atoms with Gasteiger partial charge in [0.2, 0.25) is 5.91 Å². The van der Waals surface area contributed by atoms with Gasteiger partial charge in [-0.05, 0) is 20.4 Å². The molecule has 1 heterocycles. The van der Waals surface area contributed by atoms with E-state index in [0.717, 1.165) is 12.3 Å². The predicted molar refractivity (Wildman–Crippen MR) is 82.8 cm³/mol. The molecule has 1 amide bonds. The first kappa shape index (κ1) is 17.6. The van der Waals surface area contributed by atoms with Crippen molar-refractivity contribution in [1.82, 2.24) is 9.80 Å². The van der Waals surface area contributed by atoms with E-state index >= 15 is 0 Å². The summed E-state index contributed by atoms with van der Waals surface area (Å²) in [5, 5.41) is 9.40. The van der Waals surface area contributed by atoms with Crippen LogP contribution in [0.1, 0.15) is 27.2 Å². The normalized spacial score (nSPS) is 25.2. The maximum Gasteiger partial charge on any atom is 0.223 e. The average Bonchev–Trinajstić information content (AvgIpc) is 2.46. The number of carbonyl (C=O) groups excluding carboxylic acids is 1. The third-order valence-corrected chi connectivity index (χ3v) is 4.00. The smallest absolute Gasteiger partial charge is 0.223 e. The van der Waals surface area contributed by atoms with E-state index in [1.165, 1.54) is 0 Å². The lowest BCUT2D eigenvalue weighted by molar-refractivity contribution is -0.123. The quantitative estimate of drug-likeness (QED) is 0.592. The van der Waals surface area contributed by atoms with Crippen molar-refractivity contribution in [3.63, 3.8) is 0 Å². The van der Waals surface area contributed by atoms with E-state index in [-0.39, 0.29) is 18.8 Å². The van der Waals surface area contributed by atoms with E-state index in [2.05, 4.69) is 11.9 Å². The van der Waals surface area contributed by atoms with E-state index in [0.29, 0.717) is 0 Å². The maximum atomic E-state index is 11.2. The van der Waals surface area contributed by atoms with Crippen LogP contribution in [-0.2, 0) is 4.79 Å². The van der Waals surface area contributed by atoms with Crippen molar-refractivity contribution in [1.29, 1.82) is 0 Å². The predicted octanol–water partition coefficient (Wildman–Crippen LogP) is -0.126. The van der Waals surface area contributed by atoms with Crippen LogP contribution in [-0.4, -0.2) is 52.8 Å². The minimum Gasteiger partial charge on any atom is -0.376 e. The fraction of sp³-hybridized carbons (Fsp3) is 0.714. The second-order valence-corrected chi connectivity index (χ2v) is 5.60. The third kappa shape index (κ3) is 4.26. The zero-order chi connectivity index (χ0) is 16.2. The van der Waals surface area contributed by atoms with Crippen LogP contribution in [0.4, 0.5) is 0 Å². The molecule has 1 rings (SSSR count). The number of allylic oxidation sites excluding steroid dienone is 1. The highest BCUT2D eigenvalue weighted by molar-refractivity contribution is 5.86. The number of nitrogens with two attached hydrogens (primary N) is 2. The monoisotopic (exact) mass is 297 g/mol. The lowest BCUT2D eigenvalue weighted by Crippen LogP contribution is -2.51. The molecule has 0 radical (unpaired) electrons. The van der Waals surface area contributed by atoms with Crippen molar-refractivity contribution in [3.8, 4) is 0 Å². The Morgan fingerprint density at radius 1 is 1.62 bits per heavy atom. The van der Waals surface area contributed by atoms with E-state index in [9.17, 15) is 9.90 Å². The Labute approximate surface area is 126 Å². The van der Waals surface area contributed by atoms with Crippen LogP contribution < -0.4 is 11.5 Å². The first-order chi connectivity index (χ1) is 9.79. The molecular formula is C14H27N5O2. The van der Waals surface area contributed by atoms with Crippen molar-refractivity contribution in [2.45, 2.75) is 39.5 Å². The highest BCUT2D eigenvalue weighted by Gasteiger charge is 2.27. The summed E-state index contributed by atoms with van der Waals surface area (Å²) in [6, 6.07) is 0. The number of carbonyl (C=O) groups is 1. The second-order valence-electron chi connectivity index (χ2n) is 5.60. The van der Waals surface area contributed by atoms with Gasteiger partial charge in [0, 0.05) is 12.1 Å². The molecule has 1 aliphatic heterocycles. The fourth-order valence-electron chi connectivity index (χ4n) is 2.23. The van der Waals surface area contributed by atoms with E-state index in [4.69, 9.17) is 11.5 Å². The van der Waals surface area contributed by atoms with Gasteiger partial charge in [-0.1, -0.05) is 19.9 Å². The van der Waals surface area contributed by atoms with Crippen LogP contribution in [0, 0.1) is 11.8 Å². The van der Waals surface area contributed by atoms with Gasteiger partial charge in [0.25, 0.3) is 0 Å². The number of primary amides is 1. The Balaban J connectivity index is 2.86. The Bertz CT molecular complexity index is 424. The van der Waals surface area contributed by atoms with Gasteiger partial charge in [-0.3, -0.25) is 14.7 Å². The molecule has 1 aliphatic rings. The van der Waals surface area contributed by atoms with Gasteiger partial charge in [0.05, 0.1) is 12.1 Å². The maximum absolute atomic E-state index is 11.2. The van der Waals surface area contributed by atoms with Gasteiger partial charge in [0.15, 0.2) is 0 Å². The Hall–Kier alpha value is -1.44. The molecule has 4 atom stereocenters. The fourth-order valence-corrected chi connectivity index (χ4v) is 2.23. The standard InChI is InChI=1S/C14H27N5O2/c1-9-6-5-7-19(8-20)14(9)17-11(3)18(4)12(15)10(2)13(16)21/h5,7,9-12,20H,6,8,15H2,1-4H3,(H2,16,21)/b17-14-. The zero-order valence-electron chi connectivity index (χ0n) is 13.2. The van der Waals surface area contributed by atoms with Gasteiger partial charge in [0.1, 0.15) is 18.7 Å². The number of aliphatic hydroxyl groups excluding tert-OH is 1. The lowest BCUT2D eigenvalue weighted by Gasteiger charge is -2.34. The average molecular weight is 297 g/mol. The number of hydrogen-bond acceptors (Lipinski definition) is 5. The minimum atomic E-state index is -0.501. The molecular weight excluding hydrogens is 270 g/mol. The second kappa shape index (κ2) is 7.53. The summed E-state index contributed by atoms with van der Waals surface area (Å²) in [4.78, 5) is 19.4. The third-order valence-electron chi connectivity index (χ3n) is 4.00. The topological polar surface area (TPSA) is 108 Å². The van der Waals surface area contributed by atoms with Gasteiger partial charge in [-0.15, -0.1) is 0 Å². The van der Waals surface area contributed by atoms with Crippen molar-refractivity contribution >= 4 is 11.7 Å². The minimum absolute atomic E-state index is 0.111. The molecule has 7 nitrogen and oxygen atoms in total. The summed E-state index contributed by atoms with van der Waals surface area (Å²) in [5.74, 6) is 0.150. The van der Waals surface area contributed by atoms with E-state index in [1.54, 1.807) is 11.8 Å². The number of nitrogens with zero attached hydrogens (tertiary/aromatic N) is 3. The summed E-state index contributed by atoms with van der Waals surface area (Å²) in [6.45, 7) is 5.56. The number of hydrogen-bond donors (Lipinski definition) is 3. The van der Waals surface area contributed by atoms with Crippen LogP contribution in [0.3, 0.4) is 0 Å². The molecule has 21 heavy (non-hydrogen) atoms. The van der Waals surface area contributed by atoms with Crippen LogP contribution in [0.2, 0.25) is 0 Å². The van der Waals surface area contributed by atoms with Crippen LogP contribution in [0.15, 0.2) is 17.3 Å². The van der Waals surface area contributed by atoms with Gasteiger partial charge in [-0.2, -0.15) is 0 Å². The molecule has 120 valence electrons. The molecule has 0 aliphatic carbocycles. The lowest BCUT2D eigenvalue weighted by atomic mass is 10.0. The van der Waals surface area contributed by atoms with E-state index in [1.807, 2.05) is 31.1 Å². The van der Waals surface area contributed by atoms with E-state index < -0.39 is 18.0 Å². The molecule has 0 bridgehead atoms. The molecule has 5 N–H and O–H groups in total. The van der Waals surface area contributed by atoms with Gasteiger partial charge >= 0.3 is 0 Å². The summed E-state index contributed by atoms with van der Waals surface area (Å²) in [6.07, 6.45) is 4.00. The number of aliphatic hydroxyl groups is 1. The Kier molecular flexibility index (Phi) is 6.32. The summed E-state index contributed by atoms with van der Waals surface area (Å²) < 4.78 is 0.